The second-order valence-corrected chi connectivity index (χ2v) is 10.9. The summed E-state index contributed by atoms with van der Waals surface area (Å²) in [4.78, 5) is 0.237. The quantitative estimate of drug-likeness (QED) is 0.145. The Morgan fingerprint density at radius 2 is 1.19 bits per heavy atom. The molecule has 1 N–H and O–H groups in total. The zero-order chi connectivity index (χ0) is 23.5. The molecule has 0 saturated heterocycles. The Bertz CT molecular complexity index is 678. The van der Waals surface area contributed by atoms with Gasteiger partial charge in [-0.15, -0.1) is 0 Å². The first-order chi connectivity index (χ1) is 15.5. The second kappa shape index (κ2) is 18.5. The number of nitrogens with one attached hydrogen (secondary N) is 1. The maximum Gasteiger partial charge on any atom is 0.243 e. The minimum Gasteiger partial charge on any atom is -0.229 e. The van der Waals surface area contributed by atoms with E-state index in [4.69, 9.17) is 0 Å². The summed E-state index contributed by atoms with van der Waals surface area (Å²) in [5, 5.41) is 0. The molecule has 0 aliphatic carbocycles. The van der Waals surface area contributed by atoms with Crippen LogP contribution in [0.1, 0.15) is 129 Å². The Labute approximate surface area is 198 Å². The molecule has 0 fully saturated rings. The molecule has 0 saturated carbocycles. The third-order valence-electron chi connectivity index (χ3n) is 6.16. The van der Waals surface area contributed by atoms with Gasteiger partial charge in [-0.25, -0.2) is 12.8 Å². The van der Waals surface area contributed by atoms with Crippen molar-refractivity contribution in [3.05, 3.63) is 29.8 Å². The lowest BCUT2D eigenvalue weighted by Crippen LogP contribution is -2.32. The minimum absolute atomic E-state index is 0.237. The molecule has 0 bridgehead atoms. The maximum absolute atomic E-state index is 14.3. The molecule has 5 heteroatoms. The van der Waals surface area contributed by atoms with E-state index < -0.39 is 16.3 Å². The van der Waals surface area contributed by atoms with Gasteiger partial charge in [0.25, 0.3) is 0 Å². The van der Waals surface area contributed by atoms with E-state index in [1.807, 2.05) is 12.1 Å². The fraction of sp³-hybridized carbons (Fsp3) is 0.778. The predicted octanol–water partition coefficient (Wildman–Crippen LogP) is 8.47. The topological polar surface area (TPSA) is 46.2 Å². The summed E-state index contributed by atoms with van der Waals surface area (Å²) >= 11 is 0. The summed E-state index contributed by atoms with van der Waals surface area (Å²) in [6.45, 7) is 4.39. The standard InChI is InChI=1S/C27H48FNO2S/c1-3-5-7-9-10-11-12-13-14-16-17-21-25-22-19-20-23-26(25)32(30,31)29-27(28)24-18-15-8-6-4-2/h19-20,22-23,27,29H,3-18,21,24H2,1-2H3. The molecule has 0 aliphatic heterocycles. The summed E-state index contributed by atoms with van der Waals surface area (Å²) in [6.07, 6.45) is 18.4. The van der Waals surface area contributed by atoms with Crippen molar-refractivity contribution >= 4 is 10.0 Å². The Balaban J connectivity index is 2.33. The van der Waals surface area contributed by atoms with E-state index in [0.717, 1.165) is 50.5 Å². The van der Waals surface area contributed by atoms with Gasteiger partial charge in [-0.2, -0.15) is 4.72 Å². The Hall–Kier alpha value is -0.940. The first kappa shape index (κ1) is 29.1. The highest BCUT2D eigenvalue weighted by Crippen LogP contribution is 2.20. The van der Waals surface area contributed by atoms with Crippen molar-refractivity contribution in [2.45, 2.75) is 141 Å². The highest BCUT2D eigenvalue weighted by Gasteiger charge is 2.22. The van der Waals surface area contributed by atoms with Gasteiger partial charge in [0.05, 0.1) is 4.90 Å². The van der Waals surface area contributed by atoms with Gasteiger partial charge in [0.1, 0.15) is 0 Å². The van der Waals surface area contributed by atoms with Gasteiger partial charge in [-0.05, 0) is 37.3 Å². The first-order valence-electron chi connectivity index (χ1n) is 13.3. The van der Waals surface area contributed by atoms with E-state index in [1.54, 1.807) is 12.1 Å². The van der Waals surface area contributed by atoms with Crippen LogP contribution >= 0.6 is 0 Å². The molecular weight excluding hydrogens is 421 g/mol. The lowest BCUT2D eigenvalue weighted by atomic mass is 10.0. The molecule has 186 valence electrons. The molecule has 0 spiro atoms. The van der Waals surface area contributed by atoms with Gasteiger partial charge in [0, 0.05) is 0 Å². The van der Waals surface area contributed by atoms with Gasteiger partial charge in [0.15, 0.2) is 6.30 Å². The zero-order valence-corrected chi connectivity index (χ0v) is 21.5. The first-order valence-corrected chi connectivity index (χ1v) is 14.7. The normalized spacial score (nSPS) is 12.8. The molecule has 0 aromatic heterocycles. The molecule has 1 aromatic rings. The Morgan fingerprint density at radius 3 is 1.75 bits per heavy atom. The molecule has 1 rings (SSSR count). The number of benzene rings is 1. The number of aryl methyl sites for hydroxylation is 1. The summed E-state index contributed by atoms with van der Waals surface area (Å²) < 4.78 is 42.0. The molecule has 3 nitrogen and oxygen atoms in total. The van der Waals surface area contributed by atoms with Gasteiger partial charge < -0.3 is 0 Å². The number of halogens is 1. The van der Waals surface area contributed by atoms with Crippen LogP contribution in [0.3, 0.4) is 0 Å². The number of rotatable bonds is 21. The lowest BCUT2D eigenvalue weighted by Gasteiger charge is -2.14. The van der Waals surface area contributed by atoms with Gasteiger partial charge in [-0.1, -0.05) is 122 Å². The predicted molar refractivity (Wildman–Crippen MR) is 135 cm³/mol. The molecule has 32 heavy (non-hydrogen) atoms. The van der Waals surface area contributed by atoms with Crippen LogP contribution in [0.2, 0.25) is 0 Å². The molecule has 0 amide bonds. The molecule has 1 atom stereocenters. The molecule has 0 aliphatic rings. The smallest absolute Gasteiger partial charge is 0.229 e. The van der Waals surface area contributed by atoms with Crippen LogP contribution in [0.4, 0.5) is 4.39 Å². The fourth-order valence-electron chi connectivity index (χ4n) is 4.17. The van der Waals surface area contributed by atoms with Crippen molar-refractivity contribution in [2.75, 3.05) is 0 Å². The number of sulfonamides is 1. The summed E-state index contributed by atoms with van der Waals surface area (Å²) in [5.41, 5.74) is 0.797. The van der Waals surface area contributed by atoms with Crippen molar-refractivity contribution < 1.29 is 12.8 Å². The third kappa shape index (κ3) is 13.6. The number of hydrogen-bond acceptors (Lipinski definition) is 2. The minimum atomic E-state index is -3.83. The van der Waals surface area contributed by atoms with Gasteiger partial charge >= 0.3 is 0 Å². The summed E-state index contributed by atoms with van der Waals surface area (Å²) in [6, 6.07) is 7.05. The Kier molecular flexibility index (Phi) is 16.8. The molecule has 1 aromatic carbocycles. The van der Waals surface area contributed by atoms with Crippen molar-refractivity contribution in [1.29, 1.82) is 0 Å². The van der Waals surface area contributed by atoms with Gasteiger partial charge in [0.2, 0.25) is 10.0 Å². The van der Waals surface area contributed by atoms with E-state index in [9.17, 15) is 12.8 Å². The molecule has 0 heterocycles. The van der Waals surface area contributed by atoms with Crippen molar-refractivity contribution in [3.8, 4) is 0 Å². The van der Waals surface area contributed by atoms with E-state index in [2.05, 4.69) is 18.6 Å². The van der Waals surface area contributed by atoms with Crippen LogP contribution in [0.5, 0.6) is 0 Å². The third-order valence-corrected chi connectivity index (χ3v) is 7.70. The molecule has 1 unspecified atom stereocenters. The van der Waals surface area contributed by atoms with Crippen LogP contribution in [-0.4, -0.2) is 14.7 Å². The van der Waals surface area contributed by atoms with Crippen molar-refractivity contribution in [3.63, 3.8) is 0 Å². The van der Waals surface area contributed by atoms with E-state index in [0.29, 0.717) is 6.42 Å². The SMILES string of the molecule is CCCCCCCCCCCCCc1ccccc1S(=O)(=O)NC(F)CCCCCCC. The van der Waals surface area contributed by atoms with E-state index >= 15 is 0 Å². The summed E-state index contributed by atoms with van der Waals surface area (Å²) in [5.74, 6) is 0. The average Bonchev–Trinajstić information content (AvgIpc) is 2.77. The van der Waals surface area contributed by atoms with Crippen LogP contribution in [0.25, 0.3) is 0 Å². The van der Waals surface area contributed by atoms with Crippen LogP contribution in [0, 0.1) is 0 Å². The molecule has 0 radical (unpaired) electrons. The largest absolute Gasteiger partial charge is 0.243 e. The Morgan fingerprint density at radius 1 is 0.719 bits per heavy atom. The highest BCUT2D eigenvalue weighted by molar-refractivity contribution is 7.89. The second-order valence-electron chi connectivity index (χ2n) is 9.18. The van der Waals surface area contributed by atoms with Crippen LogP contribution in [-0.2, 0) is 16.4 Å². The van der Waals surface area contributed by atoms with Crippen LogP contribution < -0.4 is 4.72 Å². The van der Waals surface area contributed by atoms with E-state index in [-0.39, 0.29) is 11.3 Å². The van der Waals surface area contributed by atoms with Crippen LogP contribution in [0.15, 0.2) is 29.2 Å². The zero-order valence-electron chi connectivity index (χ0n) is 20.7. The summed E-state index contributed by atoms with van der Waals surface area (Å²) in [7, 11) is -3.83. The number of alkyl halides is 1. The van der Waals surface area contributed by atoms with Crippen molar-refractivity contribution in [1.82, 2.24) is 4.72 Å². The monoisotopic (exact) mass is 469 g/mol. The molecular formula is C27H48FNO2S. The highest BCUT2D eigenvalue weighted by atomic mass is 32.2. The van der Waals surface area contributed by atoms with E-state index in [1.165, 1.54) is 57.8 Å². The average molecular weight is 470 g/mol. The van der Waals surface area contributed by atoms with Gasteiger partial charge in [-0.3, -0.25) is 0 Å². The fourth-order valence-corrected chi connectivity index (χ4v) is 5.52. The number of hydrogen-bond donors (Lipinski definition) is 1. The lowest BCUT2D eigenvalue weighted by molar-refractivity contribution is 0.287. The maximum atomic E-state index is 14.3. The number of unbranched alkanes of at least 4 members (excludes halogenated alkanes) is 14. The van der Waals surface area contributed by atoms with Crippen molar-refractivity contribution in [2.24, 2.45) is 0 Å².